The smallest absolute Gasteiger partial charge is 0.257 e. The van der Waals surface area contributed by atoms with E-state index in [2.05, 4.69) is 10.3 Å². The maximum atomic E-state index is 12.1. The molecule has 0 saturated heterocycles. The molecular weight excluding hydrogens is 369 g/mol. The summed E-state index contributed by atoms with van der Waals surface area (Å²) in [6, 6.07) is 8.36. The van der Waals surface area contributed by atoms with Crippen LogP contribution in [0.4, 0.5) is 5.13 Å². The molecule has 5 nitrogen and oxygen atoms in total. The SMILES string of the molecule is O=C(Nc1ncc(Cc2cccc(Cl)c2Cl)s1)c1cc[n+]([O-])cc1. The fourth-order valence-electron chi connectivity index (χ4n) is 2.05. The molecule has 0 bridgehead atoms. The largest absolute Gasteiger partial charge is 0.619 e. The third-order valence-corrected chi connectivity index (χ3v) is 5.01. The number of carbonyl (C=O) groups is 1. The number of halogens is 2. The van der Waals surface area contributed by atoms with Gasteiger partial charge in [-0.25, -0.2) is 4.98 Å². The summed E-state index contributed by atoms with van der Waals surface area (Å²) in [6.07, 6.45) is 4.80. The second-order valence-corrected chi connectivity index (χ2v) is 6.82. The van der Waals surface area contributed by atoms with Gasteiger partial charge in [-0.2, -0.15) is 4.73 Å². The standard InChI is InChI=1S/C16H11Cl2N3O2S/c17-13-3-1-2-11(14(13)18)8-12-9-19-16(24-12)20-15(22)10-4-6-21(23)7-5-10/h1-7,9H,8H2,(H,19,20,22). The van der Waals surface area contributed by atoms with Gasteiger partial charge in [-0.15, -0.1) is 11.3 Å². The molecule has 0 spiro atoms. The van der Waals surface area contributed by atoms with Gasteiger partial charge in [0, 0.05) is 29.6 Å². The first kappa shape index (κ1) is 16.7. The Kier molecular flexibility index (Phi) is 4.99. The molecule has 1 aromatic carbocycles. The number of thiazole rings is 1. The van der Waals surface area contributed by atoms with E-state index in [1.54, 1.807) is 12.3 Å². The van der Waals surface area contributed by atoms with Crippen LogP contribution >= 0.6 is 34.5 Å². The summed E-state index contributed by atoms with van der Waals surface area (Å²) in [5.74, 6) is -0.322. The normalized spacial score (nSPS) is 10.6. The van der Waals surface area contributed by atoms with Crippen LogP contribution in [0.25, 0.3) is 0 Å². The number of rotatable bonds is 4. The number of nitrogens with zero attached hydrogens (tertiary/aromatic N) is 2. The highest BCUT2D eigenvalue weighted by atomic mass is 35.5. The zero-order chi connectivity index (χ0) is 17.1. The molecule has 0 aliphatic rings. The van der Waals surface area contributed by atoms with Crippen molar-refractivity contribution in [3.05, 3.63) is 80.2 Å². The second-order valence-electron chi connectivity index (χ2n) is 4.92. The van der Waals surface area contributed by atoms with E-state index in [1.165, 1.54) is 35.9 Å². The molecule has 24 heavy (non-hydrogen) atoms. The second kappa shape index (κ2) is 7.17. The minimum Gasteiger partial charge on any atom is -0.619 e. The molecule has 0 aliphatic carbocycles. The Morgan fingerprint density at radius 3 is 2.75 bits per heavy atom. The number of anilines is 1. The third kappa shape index (κ3) is 3.84. The Morgan fingerprint density at radius 2 is 2.00 bits per heavy atom. The van der Waals surface area contributed by atoms with Crippen LogP contribution < -0.4 is 10.0 Å². The van der Waals surface area contributed by atoms with E-state index in [9.17, 15) is 10.0 Å². The average Bonchev–Trinajstić information content (AvgIpc) is 2.99. The Hall–Kier alpha value is -2.15. The number of carbonyl (C=O) groups excluding carboxylic acids is 1. The van der Waals surface area contributed by atoms with E-state index in [1.807, 2.05) is 12.1 Å². The van der Waals surface area contributed by atoms with Crippen LogP contribution in [0.3, 0.4) is 0 Å². The fraction of sp³-hybridized carbons (Fsp3) is 0.0625. The molecule has 8 heteroatoms. The first-order valence-electron chi connectivity index (χ1n) is 6.90. The van der Waals surface area contributed by atoms with Gasteiger partial charge in [-0.1, -0.05) is 35.3 Å². The molecule has 0 atom stereocenters. The van der Waals surface area contributed by atoms with Crippen LogP contribution in [0.1, 0.15) is 20.8 Å². The molecule has 0 unspecified atom stereocenters. The van der Waals surface area contributed by atoms with Gasteiger partial charge >= 0.3 is 0 Å². The maximum absolute atomic E-state index is 12.1. The molecule has 0 aliphatic heterocycles. The first-order valence-corrected chi connectivity index (χ1v) is 8.48. The van der Waals surface area contributed by atoms with Gasteiger partial charge < -0.3 is 5.21 Å². The number of nitrogens with one attached hydrogen (secondary N) is 1. The zero-order valence-corrected chi connectivity index (χ0v) is 14.5. The minimum absolute atomic E-state index is 0.322. The maximum Gasteiger partial charge on any atom is 0.257 e. The lowest BCUT2D eigenvalue weighted by molar-refractivity contribution is -0.605. The van der Waals surface area contributed by atoms with Crippen LogP contribution in [0.15, 0.2) is 48.9 Å². The van der Waals surface area contributed by atoms with Crippen molar-refractivity contribution in [1.29, 1.82) is 0 Å². The van der Waals surface area contributed by atoms with Crippen molar-refractivity contribution < 1.29 is 9.52 Å². The predicted octanol–water partition coefficient (Wildman–Crippen LogP) is 3.93. The highest BCUT2D eigenvalue weighted by molar-refractivity contribution is 7.15. The number of benzene rings is 1. The predicted molar refractivity (Wildman–Crippen MR) is 94.7 cm³/mol. The molecule has 1 N–H and O–H groups in total. The summed E-state index contributed by atoms with van der Waals surface area (Å²) < 4.78 is 0.618. The van der Waals surface area contributed by atoms with Gasteiger partial charge in [0.15, 0.2) is 17.5 Å². The van der Waals surface area contributed by atoms with Crippen LogP contribution in [-0.4, -0.2) is 10.9 Å². The lowest BCUT2D eigenvalue weighted by Gasteiger charge is -2.03. The Labute approximate surface area is 152 Å². The van der Waals surface area contributed by atoms with Crippen LogP contribution in [0.2, 0.25) is 10.0 Å². The van der Waals surface area contributed by atoms with Gasteiger partial charge in [0.25, 0.3) is 5.91 Å². The van der Waals surface area contributed by atoms with Gasteiger partial charge in [-0.05, 0) is 11.6 Å². The van der Waals surface area contributed by atoms with E-state index in [0.29, 0.717) is 31.9 Å². The summed E-state index contributed by atoms with van der Waals surface area (Å²) in [5, 5.41) is 15.2. The Bertz CT molecular complexity index is 881. The van der Waals surface area contributed by atoms with Gasteiger partial charge in [0.05, 0.1) is 15.6 Å². The molecule has 2 heterocycles. The van der Waals surface area contributed by atoms with Crippen LogP contribution in [0, 0.1) is 5.21 Å². The molecule has 0 saturated carbocycles. The van der Waals surface area contributed by atoms with Crippen molar-refractivity contribution in [1.82, 2.24) is 4.98 Å². The fourth-order valence-corrected chi connectivity index (χ4v) is 3.27. The molecule has 0 fully saturated rings. The van der Waals surface area contributed by atoms with E-state index in [0.717, 1.165) is 10.4 Å². The van der Waals surface area contributed by atoms with E-state index in [-0.39, 0.29) is 5.91 Å². The first-order chi connectivity index (χ1) is 11.5. The molecule has 1 amide bonds. The molecule has 2 aromatic heterocycles. The van der Waals surface area contributed by atoms with Crippen molar-refractivity contribution in [3.63, 3.8) is 0 Å². The van der Waals surface area contributed by atoms with Crippen molar-refractivity contribution >= 4 is 45.6 Å². The van der Waals surface area contributed by atoms with Crippen molar-refractivity contribution in [3.8, 4) is 0 Å². The van der Waals surface area contributed by atoms with Crippen molar-refractivity contribution in [2.24, 2.45) is 0 Å². The van der Waals surface area contributed by atoms with Crippen molar-refractivity contribution in [2.45, 2.75) is 6.42 Å². The van der Waals surface area contributed by atoms with E-state index < -0.39 is 0 Å². The lowest BCUT2D eigenvalue weighted by Crippen LogP contribution is -2.25. The Morgan fingerprint density at radius 1 is 1.25 bits per heavy atom. The quantitative estimate of drug-likeness (QED) is 0.551. The average molecular weight is 380 g/mol. The summed E-state index contributed by atoms with van der Waals surface area (Å²) in [4.78, 5) is 17.2. The topological polar surface area (TPSA) is 68.9 Å². The number of hydrogen-bond acceptors (Lipinski definition) is 4. The molecular formula is C16H11Cl2N3O2S. The van der Waals surface area contributed by atoms with Crippen LogP contribution in [0.5, 0.6) is 0 Å². The highest BCUT2D eigenvalue weighted by Crippen LogP contribution is 2.29. The number of amides is 1. The number of aromatic nitrogens is 2. The summed E-state index contributed by atoms with van der Waals surface area (Å²) in [7, 11) is 0. The minimum atomic E-state index is -0.322. The van der Waals surface area contributed by atoms with E-state index >= 15 is 0 Å². The molecule has 3 rings (SSSR count). The molecule has 0 radical (unpaired) electrons. The van der Waals surface area contributed by atoms with Crippen LogP contribution in [-0.2, 0) is 6.42 Å². The van der Waals surface area contributed by atoms with E-state index in [4.69, 9.17) is 23.2 Å². The monoisotopic (exact) mass is 379 g/mol. The molecule has 122 valence electrons. The van der Waals surface area contributed by atoms with Gasteiger partial charge in [0.1, 0.15) is 0 Å². The highest BCUT2D eigenvalue weighted by Gasteiger charge is 2.12. The summed E-state index contributed by atoms with van der Waals surface area (Å²) in [5.41, 5.74) is 1.28. The van der Waals surface area contributed by atoms with Gasteiger partial charge in [-0.3, -0.25) is 10.1 Å². The number of pyridine rings is 1. The lowest BCUT2D eigenvalue weighted by atomic mass is 10.1. The zero-order valence-electron chi connectivity index (χ0n) is 12.2. The summed E-state index contributed by atoms with van der Waals surface area (Å²) in [6.45, 7) is 0. The number of hydrogen-bond donors (Lipinski definition) is 1. The summed E-state index contributed by atoms with van der Waals surface area (Å²) >= 11 is 13.5. The van der Waals surface area contributed by atoms with Crippen molar-refractivity contribution in [2.75, 3.05) is 5.32 Å². The third-order valence-electron chi connectivity index (χ3n) is 3.23. The van der Waals surface area contributed by atoms with Gasteiger partial charge in [0.2, 0.25) is 0 Å². The Balaban J connectivity index is 1.70. The molecule has 3 aromatic rings.